The number of amides is 1. The Hall–Kier alpha value is -2.73. The molecule has 0 aliphatic heterocycles. The summed E-state index contributed by atoms with van der Waals surface area (Å²) >= 11 is 1.61. The van der Waals surface area contributed by atoms with Gasteiger partial charge >= 0.3 is 0 Å². The molecule has 0 saturated heterocycles. The highest BCUT2D eigenvalue weighted by atomic mass is 32.1. The van der Waals surface area contributed by atoms with Gasteiger partial charge < -0.3 is 9.88 Å². The lowest BCUT2D eigenvalue weighted by molar-refractivity contribution is -0.116. The second-order valence-electron chi connectivity index (χ2n) is 5.82. The fourth-order valence-corrected chi connectivity index (χ4v) is 3.56. The van der Waals surface area contributed by atoms with E-state index in [4.69, 9.17) is 0 Å². The number of anilines is 1. The van der Waals surface area contributed by atoms with E-state index in [-0.39, 0.29) is 24.5 Å². The van der Waals surface area contributed by atoms with E-state index in [9.17, 15) is 9.59 Å². The van der Waals surface area contributed by atoms with E-state index in [1.807, 2.05) is 54.9 Å². The summed E-state index contributed by atoms with van der Waals surface area (Å²) in [4.78, 5) is 30.4. The van der Waals surface area contributed by atoms with Crippen LogP contribution in [0.1, 0.15) is 33.0 Å². The third-order valence-electron chi connectivity index (χ3n) is 3.87. The Morgan fingerprint density at radius 3 is 2.52 bits per heavy atom. The maximum absolute atomic E-state index is 12.2. The molecule has 1 N–H and O–H groups in total. The highest BCUT2D eigenvalue weighted by Gasteiger charge is 2.14. The maximum Gasteiger partial charge on any atom is 0.224 e. The van der Waals surface area contributed by atoms with E-state index in [0.717, 1.165) is 21.0 Å². The van der Waals surface area contributed by atoms with Gasteiger partial charge in [-0.3, -0.25) is 9.59 Å². The van der Waals surface area contributed by atoms with Crippen LogP contribution >= 0.6 is 11.3 Å². The third kappa shape index (κ3) is 4.22. The van der Waals surface area contributed by atoms with Crippen LogP contribution in [0.15, 0.2) is 49.1 Å². The van der Waals surface area contributed by atoms with Crippen molar-refractivity contribution >= 4 is 28.7 Å². The molecular formula is C19H19N3O2S. The number of hydrogen-bond donors (Lipinski definition) is 1. The zero-order chi connectivity index (χ0) is 17.8. The second kappa shape index (κ2) is 7.44. The lowest BCUT2D eigenvalue weighted by Crippen LogP contribution is -2.13. The molecule has 2 heterocycles. The van der Waals surface area contributed by atoms with E-state index in [1.54, 1.807) is 23.9 Å². The Kier molecular flexibility index (Phi) is 5.09. The Morgan fingerprint density at radius 2 is 1.92 bits per heavy atom. The van der Waals surface area contributed by atoms with Crippen molar-refractivity contribution in [2.45, 2.75) is 26.7 Å². The standard InChI is InChI=1S/C19H19N3O2S/c1-13-11-17(14(2)25-13)18(23)7-8-19(24)21-15-3-5-16(6-4-15)22-10-9-20-12-22/h3-6,9-12H,7-8H2,1-2H3,(H,21,24). The van der Waals surface area contributed by atoms with E-state index in [2.05, 4.69) is 10.3 Å². The van der Waals surface area contributed by atoms with Crippen LogP contribution in [0.25, 0.3) is 5.69 Å². The largest absolute Gasteiger partial charge is 0.326 e. The Balaban J connectivity index is 1.54. The van der Waals surface area contributed by atoms with Gasteiger partial charge in [0.2, 0.25) is 5.91 Å². The predicted octanol–water partition coefficient (Wildman–Crippen LogP) is 4.15. The zero-order valence-corrected chi connectivity index (χ0v) is 15.0. The molecule has 0 aliphatic carbocycles. The minimum atomic E-state index is -0.159. The van der Waals surface area contributed by atoms with Gasteiger partial charge in [0, 0.05) is 51.9 Å². The number of thiophene rings is 1. The molecule has 0 radical (unpaired) electrons. The molecular weight excluding hydrogens is 334 g/mol. The van der Waals surface area contributed by atoms with Crippen LogP contribution in [-0.4, -0.2) is 21.2 Å². The first kappa shape index (κ1) is 17.1. The number of hydrogen-bond acceptors (Lipinski definition) is 4. The highest BCUT2D eigenvalue weighted by molar-refractivity contribution is 7.12. The number of carbonyl (C=O) groups excluding carboxylic acids is 2. The fourth-order valence-electron chi connectivity index (χ4n) is 2.62. The molecule has 0 fully saturated rings. The molecule has 2 aromatic heterocycles. The number of aryl methyl sites for hydroxylation is 2. The molecule has 128 valence electrons. The van der Waals surface area contributed by atoms with E-state index in [1.165, 1.54) is 0 Å². The summed E-state index contributed by atoms with van der Waals surface area (Å²) in [5.41, 5.74) is 2.41. The number of imidazole rings is 1. The Morgan fingerprint density at radius 1 is 1.16 bits per heavy atom. The molecule has 1 aromatic carbocycles. The van der Waals surface area contributed by atoms with Crippen LogP contribution in [0.4, 0.5) is 5.69 Å². The first-order valence-corrected chi connectivity index (χ1v) is 8.83. The van der Waals surface area contributed by atoms with Crippen LogP contribution in [0.5, 0.6) is 0 Å². The molecule has 0 saturated carbocycles. The summed E-state index contributed by atoms with van der Waals surface area (Å²) in [6, 6.07) is 9.37. The summed E-state index contributed by atoms with van der Waals surface area (Å²) in [7, 11) is 0. The summed E-state index contributed by atoms with van der Waals surface area (Å²) in [5, 5.41) is 2.83. The van der Waals surface area contributed by atoms with Gasteiger partial charge in [-0.15, -0.1) is 11.3 Å². The van der Waals surface area contributed by atoms with Crippen LogP contribution in [0.2, 0.25) is 0 Å². The molecule has 6 heteroatoms. The van der Waals surface area contributed by atoms with Crippen molar-refractivity contribution in [1.82, 2.24) is 9.55 Å². The average molecular weight is 353 g/mol. The molecule has 3 rings (SSSR count). The molecule has 0 spiro atoms. The molecule has 0 atom stereocenters. The summed E-state index contributed by atoms with van der Waals surface area (Å²) in [6.45, 7) is 3.92. The minimum absolute atomic E-state index is 0.0208. The van der Waals surface area contributed by atoms with Gasteiger partial charge in [-0.25, -0.2) is 4.98 Å². The number of aromatic nitrogens is 2. The van der Waals surface area contributed by atoms with Gasteiger partial charge in [0.1, 0.15) is 0 Å². The van der Waals surface area contributed by atoms with Gasteiger partial charge in [-0.2, -0.15) is 0 Å². The smallest absolute Gasteiger partial charge is 0.224 e. The van der Waals surface area contributed by atoms with Gasteiger partial charge in [-0.1, -0.05) is 0 Å². The van der Waals surface area contributed by atoms with Gasteiger partial charge in [0.15, 0.2) is 5.78 Å². The maximum atomic E-state index is 12.2. The number of nitrogens with zero attached hydrogens (tertiary/aromatic N) is 2. The molecule has 0 aliphatic rings. The number of nitrogens with one attached hydrogen (secondary N) is 1. The van der Waals surface area contributed by atoms with Gasteiger partial charge in [-0.05, 0) is 44.2 Å². The normalized spacial score (nSPS) is 10.6. The highest BCUT2D eigenvalue weighted by Crippen LogP contribution is 2.22. The molecule has 5 nitrogen and oxygen atoms in total. The molecule has 0 unspecified atom stereocenters. The summed E-state index contributed by atoms with van der Waals surface area (Å²) in [5.74, 6) is -0.138. The Bertz CT molecular complexity index is 880. The van der Waals surface area contributed by atoms with Crippen molar-refractivity contribution < 1.29 is 9.59 Å². The second-order valence-corrected chi connectivity index (χ2v) is 7.28. The van der Waals surface area contributed by atoms with E-state index < -0.39 is 0 Å². The predicted molar refractivity (Wildman–Crippen MR) is 99.6 cm³/mol. The molecule has 0 bridgehead atoms. The van der Waals surface area contributed by atoms with Crippen LogP contribution < -0.4 is 5.32 Å². The molecule has 25 heavy (non-hydrogen) atoms. The number of rotatable bonds is 6. The molecule has 1 amide bonds. The van der Waals surface area contributed by atoms with Crippen molar-refractivity contribution in [2.24, 2.45) is 0 Å². The lowest BCUT2D eigenvalue weighted by Gasteiger charge is -2.07. The van der Waals surface area contributed by atoms with Crippen molar-refractivity contribution in [1.29, 1.82) is 0 Å². The number of ketones is 1. The summed E-state index contributed by atoms with van der Waals surface area (Å²) in [6.07, 6.45) is 5.68. The minimum Gasteiger partial charge on any atom is -0.326 e. The van der Waals surface area contributed by atoms with Crippen LogP contribution in [-0.2, 0) is 4.79 Å². The van der Waals surface area contributed by atoms with Crippen molar-refractivity contribution in [3.05, 3.63) is 64.4 Å². The van der Waals surface area contributed by atoms with E-state index in [0.29, 0.717) is 5.69 Å². The topological polar surface area (TPSA) is 64.0 Å². The first-order chi connectivity index (χ1) is 12.0. The van der Waals surface area contributed by atoms with Crippen molar-refractivity contribution in [2.75, 3.05) is 5.32 Å². The SMILES string of the molecule is Cc1cc(C(=O)CCC(=O)Nc2ccc(-n3ccnc3)cc2)c(C)s1. The zero-order valence-electron chi connectivity index (χ0n) is 14.2. The number of benzene rings is 1. The molecule has 3 aromatic rings. The van der Waals surface area contributed by atoms with Crippen LogP contribution in [0, 0.1) is 13.8 Å². The van der Waals surface area contributed by atoms with Crippen LogP contribution in [0.3, 0.4) is 0 Å². The van der Waals surface area contributed by atoms with Crippen molar-refractivity contribution in [3.63, 3.8) is 0 Å². The van der Waals surface area contributed by atoms with Gasteiger partial charge in [0.25, 0.3) is 0 Å². The lowest BCUT2D eigenvalue weighted by atomic mass is 10.1. The van der Waals surface area contributed by atoms with Gasteiger partial charge in [0.05, 0.1) is 6.33 Å². The number of Topliss-reactive ketones (excluding diaryl/α,β-unsaturated/α-hetero) is 1. The quantitative estimate of drug-likeness (QED) is 0.677. The first-order valence-electron chi connectivity index (χ1n) is 8.01. The summed E-state index contributed by atoms with van der Waals surface area (Å²) < 4.78 is 1.88. The average Bonchev–Trinajstić information content (AvgIpc) is 3.23. The third-order valence-corrected chi connectivity index (χ3v) is 4.84. The van der Waals surface area contributed by atoms with E-state index >= 15 is 0 Å². The fraction of sp³-hybridized carbons (Fsp3) is 0.211. The Labute approximate surface area is 150 Å². The monoisotopic (exact) mass is 353 g/mol. The van der Waals surface area contributed by atoms with Crippen molar-refractivity contribution in [3.8, 4) is 5.69 Å². The number of carbonyl (C=O) groups is 2.